The van der Waals surface area contributed by atoms with Gasteiger partial charge in [0.1, 0.15) is 13.2 Å². The molecule has 4 heterocycles. The number of thiophene rings is 1. The van der Waals surface area contributed by atoms with E-state index in [1.165, 1.54) is 12.0 Å². The summed E-state index contributed by atoms with van der Waals surface area (Å²) >= 11 is 1.67. The van der Waals surface area contributed by atoms with Crippen LogP contribution in [-0.2, 0) is 6.54 Å². The zero-order valence-corrected chi connectivity index (χ0v) is 15.2. The van der Waals surface area contributed by atoms with E-state index in [0.717, 1.165) is 47.3 Å². The van der Waals surface area contributed by atoms with Crippen molar-refractivity contribution in [2.75, 3.05) is 19.8 Å². The van der Waals surface area contributed by atoms with Crippen LogP contribution in [0.25, 0.3) is 10.6 Å². The molecule has 1 fully saturated rings. The summed E-state index contributed by atoms with van der Waals surface area (Å²) in [7, 11) is 0. The smallest absolute Gasteiger partial charge is 0.177 e. The van der Waals surface area contributed by atoms with Crippen LogP contribution in [0.2, 0.25) is 0 Å². The summed E-state index contributed by atoms with van der Waals surface area (Å²) in [4.78, 5) is 3.59. The molecule has 0 amide bonds. The van der Waals surface area contributed by atoms with Gasteiger partial charge in [-0.3, -0.25) is 4.90 Å². The summed E-state index contributed by atoms with van der Waals surface area (Å²) in [5, 5.41) is 6.33. The van der Waals surface area contributed by atoms with Crippen molar-refractivity contribution in [3.05, 3.63) is 53.0 Å². The molecule has 0 N–H and O–H groups in total. The lowest BCUT2D eigenvalue weighted by molar-refractivity contribution is 0.170. The average Bonchev–Trinajstić information content (AvgIpc) is 3.43. The fraction of sp³-hybridized carbons (Fsp3) is 0.350. The van der Waals surface area contributed by atoms with Crippen molar-refractivity contribution in [2.24, 2.45) is 0 Å². The van der Waals surface area contributed by atoms with Gasteiger partial charge in [0.25, 0.3) is 0 Å². The predicted octanol–water partition coefficient (Wildman–Crippen LogP) is 4.51. The van der Waals surface area contributed by atoms with E-state index in [-0.39, 0.29) is 0 Å². The monoisotopic (exact) mass is 368 g/mol. The number of hydrogen-bond donors (Lipinski definition) is 0. The Labute approximate surface area is 156 Å². The molecule has 0 aliphatic carbocycles. The van der Waals surface area contributed by atoms with Gasteiger partial charge < -0.3 is 14.0 Å². The third kappa shape index (κ3) is 2.99. The standard InChI is InChI=1S/C20H20N2O3S/c1-3-16(14-5-6-17-18(11-14)24-9-8-23-17)22(7-1)13-15-12-19(25-21-15)20-4-2-10-26-20/h2,4-6,10-12,16H,1,3,7-9,13H2/t16-/m0/s1. The first-order chi connectivity index (χ1) is 12.9. The predicted molar refractivity (Wildman–Crippen MR) is 99.6 cm³/mol. The molecule has 26 heavy (non-hydrogen) atoms. The molecular weight excluding hydrogens is 348 g/mol. The molecule has 6 heteroatoms. The van der Waals surface area contributed by atoms with Crippen LogP contribution in [-0.4, -0.2) is 29.8 Å². The average molecular weight is 368 g/mol. The molecule has 0 unspecified atom stereocenters. The van der Waals surface area contributed by atoms with Crippen molar-refractivity contribution in [3.63, 3.8) is 0 Å². The van der Waals surface area contributed by atoms with Crippen LogP contribution >= 0.6 is 11.3 Å². The number of rotatable bonds is 4. The first kappa shape index (κ1) is 15.9. The lowest BCUT2D eigenvalue weighted by Gasteiger charge is -2.25. The van der Waals surface area contributed by atoms with Crippen molar-refractivity contribution < 1.29 is 14.0 Å². The molecule has 0 radical (unpaired) electrons. The summed E-state index contributed by atoms with van der Waals surface area (Å²) in [5.74, 6) is 2.56. The van der Waals surface area contributed by atoms with Gasteiger partial charge in [-0.15, -0.1) is 11.3 Å². The molecule has 1 saturated heterocycles. The highest BCUT2D eigenvalue weighted by atomic mass is 32.1. The zero-order valence-electron chi connectivity index (χ0n) is 14.4. The maximum absolute atomic E-state index is 5.75. The molecule has 134 valence electrons. The molecule has 2 aliphatic rings. The molecule has 2 aliphatic heterocycles. The Morgan fingerprint density at radius 3 is 2.92 bits per heavy atom. The summed E-state index contributed by atoms with van der Waals surface area (Å²) in [6.45, 7) is 3.12. The molecule has 1 aromatic carbocycles. The van der Waals surface area contributed by atoms with Crippen LogP contribution in [0.15, 0.2) is 46.3 Å². The van der Waals surface area contributed by atoms with E-state index >= 15 is 0 Å². The zero-order chi connectivity index (χ0) is 17.3. The van der Waals surface area contributed by atoms with Crippen LogP contribution in [0.4, 0.5) is 0 Å². The van der Waals surface area contributed by atoms with Gasteiger partial charge in [0.15, 0.2) is 17.3 Å². The Morgan fingerprint density at radius 2 is 2.04 bits per heavy atom. The van der Waals surface area contributed by atoms with E-state index in [9.17, 15) is 0 Å². The van der Waals surface area contributed by atoms with Gasteiger partial charge in [0.2, 0.25) is 0 Å². The highest BCUT2D eigenvalue weighted by Crippen LogP contribution is 2.38. The first-order valence-corrected chi connectivity index (χ1v) is 9.88. The molecule has 0 saturated carbocycles. The second-order valence-electron chi connectivity index (χ2n) is 6.69. The number of likely N-dealkylation sites (tertiary alicyclic amines) is 1. The molecular formula is C20H20N2O3S. The maximum atomic E-state index is 5.75. The number of nitrogens with zero attached hydrogens (tertiary/aromatic N) is 2. The van der Waals surface area contributed by atoms with Gasteiger partial charge in [0, 0.05) is 18.7 Å². The number of ether oxygens (including phenoxy) is 2. The van der Waals surface area contributed by atoms with E-state index in [0.29, 0.717) is 19.3 Å². The molecule has 2 aromatic heterocycles. The number of benzene rings is 1. The molecule has 5 nitrogen and oxygen atoms in total. The largest absolute Gasteiger partial charge is 0.486 e. The van der Waals surface area contributed by atoms with Gasteiger partial charge >= 0.3 is 0 Å². The summed E-state index contributed by atoms with van der Waals surface area (Å²) in [6, 6.07) is 12.9. The second kappa shape index (κ2) is 6.78. The Morgan fingerprint density at radius 1 is 1.12 bits per heavy atom. The second-order valence-corrected chi connectivity index (χ2v) is 7.64. The van der Waals surface area contributed by atoms with Crippen molar-refractivity contribution >= 4 is 11.3 Å². The summed E-state index contributed by atoms with van der Waals surface area (Å²) < 4.78 is 16.9. The van der Waals surface area contributed by atoms with Gasteiger partial charge in [-0.2, -0.15) is 0 Å². The topological polar surface area (TPSA) is 47.7 Å². The fourth-order valence-electron chi connectivity index (χ4n) is 3.79. The lowest BCUT2D eigenvalue weighted by atomic mass is 10.0. The van der Waals surface area contributed by atoms with Gasteiger partial charge in [-0.25, -0.2) is 0 Å². The van der Waals surface area contributed by atoms with Crippen molar-refractivity contribution in [2.45, 2.75) is 25.4 Å². The van der Waals surface area contributed by atoms with E-state index < -0.39 is 0 Å². The van der Waals surface area contributed by atoms with E-state index in [1.54, 1.807) is 11.3 Å². The maximum Gasteiger partial charge on any atom is 0.177 e. The van der Waals surface area contributed by atoms with Crippen LogP contribution in [0.5, 0.6) is 11.5 Å². The van der Waals surface area contributed by atoms with E-state index in [1.807, 2.05) is 12.1 Å². The van der Waals surface area contributed by atoms with E-state index in [4.69, 9.17) is 14.0 Å². The quantitative estimate of drug-likeness (QED) is 0.678. The Hall–Kier alpha value is -2.31. The van der Waals surface area contributed by atoms with Gasteiger partial charge in [0.05, 0.1) is 10.6 Å². The van der Waals surface area contributed by atoms with Gasteiger partial charge in [-0.1, -0.05) is 17.3 Å². The summed E-state index contributed by atoms with van der Waals surface area (Å²) in [5.41, 5.74) is 2.27. The molecule has 1 atom stereocenters. The highest BCUT2D eigenvalue weighted by molar-refractivity contribution is 7.13. The third-order valence-corrected chi connectivity index (χ3v) is 5.89. The minimum atomic E-state index is 0.382. The van der Waals surface area contributed by atoms with Crippen LogP contribution in [0.3, 0.4) is 0 Å². The van der Waals surface area contributed by atoms with Crippen molar-refractivity contribution in [1.82, 2.24) is 10.1 Å². The number of hydrogen-bond acceptors (Lipinski definition) is 6. The Kier molecular flexibility index (Phi) is 4.15. The molecule has 0 bridgehead atoms. The van der Waals surface area contributed by atoms with Crippen molar-refractivity contribution in [1.29, 1.82) is 0 Å². The minimum Gasteiger partial charge on any atom is -0.486 e. The van der Waals surface area contributed by atoms with Crippen LogP contribution in [0, 0.1) is 0 Å². The highest BCUT2D eigenvalue weighted by Gasteiger charge is 2.28. The summed E-state index contributed by atoms with van der Waals surface area (Å²) in [6.07, 6.45) is 2.34. The normalized spacial score (nSPS) is 19.8. The van der Waals surface area contributed by atoms with Gasteiger partial charge in [-0.05, 0) is 48.5 Å². The molecule has 0 spiro atoms. The SMILES string of the molecule is c1csc(-c2cc(CN3CCC[C@H]3c3ccc4c(c3)OCCO4)no2)c1. The number of fused-ring (bicyclic) bond motifs is 1. The fourth-order valence-corrected chi connectivity index (χ4v) is 4.46. The lowest BCUT2D eigenvalue weighted by Crippen LogP contribution is -2.23. The number of aromatic nitrogens is 1. The Balaban J connectivity index is 1.34. The first-order valence-electron chi connectivity index (χ1n) is 9.00. The van der Waals surface area contributed by atoms with Crippen LogP contribution < -0.4 is 9.47 Å². The van der Waals surface area contributed by atoms with E-state index in [2.05, 4.69) is 39.7 Å². The molecule has 3 aromatic rings. The van der Waals surface area contributed by atoms with Crippen molar-refractivity contribution in [3.8, 4) is 22.1 Å². The minimum absolute atomic E-state index is 0.382. The Bertz CT molecular complexity index is 890. The third-order valence-electron chi connectivity index (χ3n) is 5.00. The van der Waals surface area contributed by atoms with Crippen LogP contribution in [0.1, 0.15) is 30.1 Å². The molecule has 5 rings (SSSR count).